The van der Waals surface area contributed by atoms with Gasteiger partial charge in [-0.05, 0) is 13.0 Å². The number of aryl methyl sites for hydroxylation is 1. The molecule has 0 aliphatic carbocycles. The van der Waals surface area contributed by atoms with Gasteiger partial charge in [-0.1, -0.05) is 23.5 Å². The molecule has 0 fully saturated rings. The van der Waals surface area contributed by atoms with E-state index in [0.717, 1.165) is 15.5 Å². The third kappa shape index (κ3) is 1.24. The fourth-order valence-corrected chi connectivity index (χ4v) is 2.67. The first-order chi connectivity index (χ1) is 6.77. The van der Waals surface area contributed by atoms with Crippen molar-refractivity contribution in [2.45, 2.75) is 6.92 Å². The van der Waals surface area contributed by atoms with Crippen molar-refractivity contribution in [2.24, 2.45) is 0 Å². The molecule has 0 bridgehead atoms. The van der Waals surface area contributed by atoms with E-state index in [2.05, 4.69) is 13.0 Å². The van der Waals surface area contributed by atoms with Crippen LogP contribution >= 0.6 is 11.3 Å². The van der Waals surface area contributed by atoms with Gasteiger partial charge in [-0.3, -0.25) is 0 Å². The van der Waals surface area contributed by atoms with Crippen LogP contribution in [0.25, 0.3) is 10.1 Å². The van der Waals surface area contributed by atoms with Crippen molar-refractivity contribution in [1.82, 2.24) is 0 Å². The Bertz CT molecular complexity index is 460. The quantitative estimate of drug-likeness (QED) is 0.754. The number of ether oxygens (including phenoxy) is 2. The van der Waals surface area contributed by atoms with E-state index in [1.54, 1.807) is 25.6 Å². The zero-order chi connectivity index (χ0) is 10.1. The summed E-state index contributed by atoms with van der Waals surface area (Å²) in [4.78, 5) is 0. The van der Waals surface area contributed by atoms with Gasteiger partial charge < -0.3 is 9.47 Å². The fraction of sp³-hybridized carbons (Fsp3) is 0.273. The highest BCUT2D eigenvalue weighted by atomic mass is 32.1. The minimum absolute atomic E-state index is 0.916. The van der Waals surface area contributed by atoms with Crippen LogP contribution in [-0.2, 0) is 0 Å². The lowest BCUT2D eigenvalue weighted by atomic mass is 10.2. The van der Waals surface area contributed by atoms with E-state index in [4.69, 9.17) is 9.47 Å². The lowest BCUT2D eigenvalue weighted by Crippen LogP contribution is -1.81. The maximum atomic E-state index is 5.30. The summed E-state index contributed by atoms with van der Waals surface area (Å²) in [6.45, 7) is 2.07. The van der Waals surface area contributed by atoms with Gasteiger partial charge in [0.2, 0.25) is 0 Å². The minimum Gasteiger partial charge on any atom is -0.495 e. The fourth-order valence-electron chi connectivity index (χ4n) is 1.55. The molecule has 2 rings (SSSR count). The van der Waals surface area contributed by atoms with E-state index in [0.29, 0.717) is 0 Å². The molecular weight excluding hydrogens is 196 g/mol. The smallest absolute Gasteiger partial charge is 0.177 e. The van der Waals surface area contributed by atoms with Gasteiger partial charge in [-0.15, -0.1) is 0 Å². The van der Waals surface area contributed by atoms with E-state index in [1.807, 2.05) is 12.1 Å². The Morgan fingerprint density at radius 2 is 1.93 bits per heavy atom. The van der Waals surface area contributed by atoms with Gasteiger partial charge in [0.15, 0.2) is 5.06 Å². The largest absolute Gasteiger partial charge is 0.495 e. The van der Waals surface area contributed by atoms with Crippen molar-refractivity contribution in [1.29, 1.82) is 0 Å². The van der Waals surface area contributed by atoms with E-state index in [9.17, 15) is 0 Å². The summed E-state index contributed by atoms with van der Waals surface area (Å²) >= 11 is 1.63. The van der Waals surface area contributed by atoms with E-state index in [1.165, 1.54) is 10.9 Å². The van der Waals surface area contributed by atoms with Crippen molar-refractivity contribution in [3.8, 4) is 10.8 Å². The second kappa shape index (κ2) is 3.50. The molecule has 1 aromatic carbocycles. The molecule has 2 aromatic rings. The van der Waals surface area contributed by atoms with Crippen LogP contribution in [-0.4, -0.2) is 14.2 Å². The molecule has 0 unspecified atom stereocenters. The molecular formula is C11H12O2S. The van der Waals surface area contributed by atoms with Crippen LogP contribution in [0.2, 0.25) is 0 Å². The normalized spacial score (nSPS) is 10.5. The molecule has 1 aromatic heterocycles. The summed E-state index contributed by atoms with van der Waals surface area (Å²) in [5.74, 6) is 0.916. The SMILES string of the molecule is COc1sc2c(OC)cccc2c1C. The van der Waals surface area contributed by atoms with Gasteiger partial charge in [0, 0.05) is 10.9 Å². The zero-order valence-corrected chi connectivity index (χ0v) is 9.27. The molecule has 0 aliphatic rings. The molecule has 14 heavy (non-hydrogen) atoms. The van der Waals surface area contributed by atoms with Gasteiger partial charge in [-0.25, -0.2) is 0 Å². The van der Waals surface area contributed by atoms with Gasteiger partial charge >= 0.3 is 0 Å². The third-order valence-electron chi connectivity index (χ3n) is 2.29. The number of methoxy groups -OCH3 is 2. The first kappa shape index (κ1) is 9.34. The van der Waals surface area contributed by atoms with Gasteiger partial charge in [-0.2, -0.15) is 0 Å². The molecule has 0 saturated heterocycles. The van der Waals surface area contributed by atoms with Crippen LogP contribution in [0.1, 0.15) is 5.56 Å². The summed E-state index contributed by atoms with van der Waals surface area (Å²) < 4.78 is 11.7. The average Bonchev–Trinajstić information content (AvgIpc) is 2.55. The molecule has 3 heteroatoms. The molecule has 0 saturated carbocycles. The molecule has 1 heterocycles. The lowest BCUT2D eigenvalue weighted by Gasteiger charge is -1.99. The zero-order valence-electron chi connectivity index (χ0n) is 8.46. The molecule has 0 amide bonds. The first-order valence-corrected chi connectivity index (χ1v) is 5.19. The maximum Gasteiger partial charge on any atom is 0.177 e. The van der Waals surface area contributed by atoms with Crippen molar-refractivity contribution in [3.05, 3.63) is 23.8 Å². The molecule has 0 atom stereocenters. The van der Waals surface area contributed by atoms with E-state index < -0.39 is 0 Å². The standard InChI is InChI=1S/C11H12O2S/c1-7-8-5-4-6-9(12-2)10(8)14-11(7)13-3/h4-6H,1-3H3. The molecule has 0 aliphatic heterocycles. The third-order valence-corrected chi connectivity index (χ3v) is 3.57. The van der Waals surface area contributed by atoms with Gasteiger partial charge in [0.05, 0.1) is 18.9 Å². The predicted molar refractivity (Wildman–Crippen MR) is 59.7 cm³/mol. The topological polar surface area (TPSA) is 18.5 Å². The average molecular weight is 208 g/mol. The summed E-state index contributed by atoms with van der Waals surface area (Å²) in [7, 11) is 3.39. The Morgan fingerprint density at radius 3 is 2.57 bits per heavy atom. The van der Waals surface area contributed by atoms with Crippen LogP contribution in [0.15, 0.2) is 18.2 Å². The summed E-state index contributed by atoms with van der Waals surface area (Å²) in [6, 6.07) is 6.06. The number of fused-ring (bicyclic) bond motifs is 1. The van der Waals surface area contributed by atoms with Crippen LogP contribution in [0.3, 0.4) is 0 Å². The van der Waals surface area contributed by atoms with Gasteiger partial charge in [0.25, 0.3) is 0 Å². The minimum atomic E-state index is 0.916. The molecule has 2 nitrogen and oxygen atoms in total. The Hall–Kier alpha value is -1.22. The summed E-state index contributed by atoms with van der Waals surface area (Å²) in [6.07, 6.45) is 0. The number of hydrogen-bond donors (Lipinski definition) is 0. The van der Waals surface area contributed by atoms with Crippen LogP contribution in [0.4, 0.5) is 0 Å². The Labute approximate surface area is 87.1 Å². The van der Waals surface area contributed by atoms with E-state index in [-0.39, 0.29) is 0 Å². The Balaban J connectivity index is 2.77. The Morgan fingerprint density at radius 1 is 1.14 bits per heavy atom. The monoisotopic (exact) mass is 208 g/mol. The summed E-state index contributed by atoms with van der Waals surface area (Å²) in [5, 5.41) is 2.18. The van der Waals surface area contributed by atoms with E-state index >= 15 is 0 Å². The first-order valence-electron chi connectivity index (χ1n) is 4.38. The number of hydrogen-bond acceptors (Lipinski definition) is 3. The molecule has 0 spiro atoms. The maximum absolute atomic E-state index is 5.30. The highest BCUT2D eigenvalue weighted by Gasteiger charge is 2.11. The van der Waals surface area contributed by atoms with Crippen molar-refractivity contribution in [2.75, 3.05) is 14.2 Å². The van der Waals surface area contributed by atoms with Crippen molar-refractivity contribution < 1.29 is 9.47 Å². The lowest BCUT2D eigenvalue weighted by molar-refractivity contribution is 0.420. The highest BCUT2D eigenvalue weighted by Crippen LogP contribution is 2.41. The van der Waals surface area contributed by atoms with Crippen LogP contribution < -0.4 is 9.47 Å². The Kier molecular flexibility index (Phi) is 2.33. The second-order valence-corrected chi connectivity index (χ2v) is 4.04. The molecule has 0 N–H and O–H groups in total. The second-order valence-electron chi connectivity index (χ2n) is 3.06. The number of rotatable bonds is 2. The van der Waals surface area contributed by atoms with Gasteiger partial charge in [0.1, 0.15) is 5.75 Å². The van der Waals surface area contributed by atoms with Crippen LogP contribution in [0.5, 0.6) is 10.8 Å². The number of thiophene rings is 1. The van der Waals surface area contributed by atoms with Crippen molar-refractivity contribution in [3.63, 3.8) is 0 Å². The van der Waals surface area contributed by atoms with Crippen molar-refractivity contribution >= 4 is 21.4 Å². The molecule has 74 valence electrons. The predicted octanol–water partition coefficient (Wildman–Crippen LogP) is 3.23. The molecule has 0 radical (unpaired) electrons. The number of benzene rings is 1. The summed E-state index contributed by atoms with van der Waals surface area (Å²) in [5.41, 5.74) is 1.19. The highest BCUT2D eigenvalue weighted by molar-refractivity contribution is 7.21. The van der Waals surface area contributed by atoms with Crippen LogP contribution in [0, 0.1) is 6.92 Å².